The zero-order chi connectivity index (χ0) is 20.9. The first-order valence-corrected chi connectivity index (χ1v) is 9.71. The Balaban J connectivity index is 2.80. The summed E-state index contributed by atoms with van der Waals surface area (Å²) in [4.78, 5) is 26.2. The second-order valence-corrected chi connectivity index (χ2v) is 7.80. The summed E-state index contributed by atoms with van der Waals surface area (Å²) < 4.78 is 5.74. The third-order valence-electron chi connectivity index (χ3n) is 4.53. The number of Topliss-reactive ketones (excluding diaryl/α,β-unsaturated/α-hetero) is 1. The van der Waals surface area contributed by atoms with Gasteiger partial charge >= 0.3 is 5.97 Å². The Hall–Kier alpha value is -2.42. The molecule has 0 N–H and O–H groups in total. The molecule has 0 unspecified atom stereocenters. The number of nitrogens with zero attached hydrogens (tertiary/aromatic N) is 1. The van der Waals surface area contributed by atoms with Gasteiger partial charge in [0, 0.05) is 20.6 Å². The Morgan fingerprint density at radius 3 is 2.29 bits per heavy atom. The van der Waals surface area contributed by atoms with E-state index in [1.807, 2.05) is 0 Å². The normalized spacial score (nSPS) is 13.5. The first-order valence-electron chi connectivity index (χ1n) is 8.54. The van der Waals surface area contributed by atoms with E-state index in [2.05, 4.69) is 22.0 Å². The minimum Gasteiger partial charge on any atom is -0.468 e. The molecule has 0 radical (unpaired) electrons. The molecule has 2 aromatic rings. The number of carbonyl (C=O) groups is 2. The van der Waals surface area contributed by atoms with Gasteiger partial charge in [0.05, 0.1) is 13.2 Å². The van der Waals surface area contributed by atoms with Gasteiger partial charge in [-0.05, 0) is 47.9 Å². The van der Waals surface area contributed by atoms with Crippen LogP contribution in [0.15, 0.2) is 58.6 Å². The van der Waals surface area contributed by atoms with Crippen LogP contribution in [0.25, 0.3) is 6.08 Å². The van der Waals surface area contributed by atoms with Crippen LogP contribution in [0.3, 0.4) is 0 Å². The Morgan fingerprint density at radius 2 is 1.79 bits per heavy atom. The van der Waals surface area contributed by atoms with Gasteiger partial charge in [-0.1, -0.05) is 59.6 Å². The molecule has 0 aromatic heterocycles. The zero-order valence-corrected chi connectivity index (χ0v) is 18.0. The molecule has 28 heavy (non-hydrogen) atoms. The fourth-order valence-electron chi connectivity index (χ4n) is 2.92. The summed E-state index contributed by atoms with van der Waals surface area (Å²) in [6, 6.07) is 15.7. The van der Waals surface area contributed by atoms with Crippen LogP contribution in [0.1, 0.15) is 29.8 Å². The SMILES string of the molecule is COC(=O)[C@@](C#N)(/C(=C/c1ccccc1Cl)C(=O)c1ccc(Br)cc1)C(C)C. The predicted molar refractivity (Wildman–Crippen MR) is 113 cm³/mol. The number of rotatable bonds is 6. The van der Waals surface area contributed by atoms with Crippen LogP contribution in [0.2, 0.25) is 5.02 Å². The number of hydrogen-bond donors (Lipinski definition) is 0. The number of nitriles is 1. The standard InChI is InChI=1S/C22H19BrClNO3/c1-14(2)22(13-25,21(27)28-3)18(12-16-6-4-5-7-19(16)24)20(26)15-8-10-17(23)11-9-15/h4-12,14H,1-3H3/b18-12+/t22-/m1/s1. The Bertz CT molecular complexity index is 960. The van der Waals surface area contributed by atoms with Crippen LogP contribution in [-0.2, 0) is 9.53 Å². The minimum absolute atomic E-state index is 0.0206. The van der Waals surface area contributed by atoms with Crippen LogP contribution < -0.4 is 0 Å². The highest BCUT2D eigenvalue weighted by atomic mass is 79.9. The maximum absolute atomic E-state index is 13.4. The zero-order valence-electron chi connectivity index (χ0n) is 15.7. The Morgan fingerprint density at radius 1 is 1.18 bits per heavy atom. The summed E-state index contributed by atoms with van der Waals surface area (Å²) in [5.41, 5.74) is -0.871. The van der Waals surface area contributed by atoms with Gasteiger partial charge in [-0.2, -0.15) is 5.26 Å². The molecule has 4 nitrogen and oxygen atoms in total. The second-order valence-electron chi connectivity index (χ2n) is 6.48. The van der Waals surface area contributed by atoms with Gasteiger partial charge < -0.3 is 4.74 Å². The summed E-state index contributed by atoms with van der Waals surface area (Å²) in [6.45, 7) is 3.41. The molecule has 0 heterocycles. The van der Waals surface area contributed by atoms with Gasteiger partial charge in [0.2, 0.25) is 0 Å². The van der Waals surface area contributed by atoms with Crippen molar-refractivity contribution in [2.75, 3.05) is 7.11 Å². The van der Waals surface area contributed by atoms with Crippen molar-refractivity contribution in [3.63, 3.8) is 0 Å². The minimum atomic E-state index is -1.78. The fourth-order valence-corrected chi connectivity index (χ4v) is 3.37. The van der Waals surface area contributed by atoms with E-state index in [9.17, 15) is 14.9 Å². The van der Waals surface area contributed by atoms with E-state index in [0.29, 0.717) is 16.1 Å². The molecule has 6 heteroatoms. The highest BCUT2D eigenvalue weighted by Crippen LogP contribution is 2.40. The summed E-state index contributed by atoms with van der Waals surface area (Å²) in [7, 11) is 1.20. The largest absolute Gasteiger partial charge is 0.468 e. The van der Waals surface area contributed by atoms with E-state index >= 15 is 0 Å². The van der Waals surface area contributed by atoms with Crippen molar-refractivity contribution in [1.82, 2.24) is 0 Å². The molecule has 0 saturated heterocycles. The lowest BCUT2D eigenvalue weighted by Gasteiger charge is -2.30. The van der Waals surface area contributed by atoms with Crippen LogP contribution in [-0.4, -0.2) is 18.9 Å². The number of halogens is 2. The molecule has 0 aliphatic carbocycles. The lowest BCUT2D eigenvalue weighted by atomic mass is 9.69. The maximum atomic E-state index is 13.4. The molecular formula is C22H19BrClNO3. The number of methoxy groups -OCH3 is 1. The van der Waals surface area contributed by atoms with E-state index in [-0.39, 0.29) is 5.57 Å². The lowest BCUT2D eigenvalue weighted by Crippen LogP contribution is -2.40. The molecule has 0 fully saturated rings. The van der Waals surface area contributed by atoms with Gasteiger partial charge in [0.15, 0.2) is 11.2 Å². The number of esters is 1. The summed E-state index contributed by atoms with van der Waals surface area (Å²) in [6.07, 6.45) is 1.51. The first kappa shape index (κ1) is 21.9. The third-order valence-corrected chi connectivity index (χ3v) is 5.40. The molecule has 0 aliphatic rings. The smallest absolute Gasteiger partial charge is 0.331 e. The number of benzene rings is 2. The Labute approximate surface area is 177 Å². The number of ether oxygens (including phenoxy) is 1. The number of hydrogen-bond acceptors (Lipinski definition) is 4. The Kier molecular flexibility index (Phi) is 7.17. The van der Waals surface area contributed by atoms with Gasteiger partial charge in [0.25, 0.3) is 0 Å². The van der Waals surface area contributed by atoms with E-state index < -0.39 is 23.1 Å². The fraction of sp³-hybridized carbons (Fsp3) is 0.227. The first-order chi connectivity index (χ1) is 13.3. The van der Waals surface area contributed by atoms with Crippen LogP contribution in [0, 0.1) is 22.7 Å². The maximum Gasteiger partial charge on any atom is 0.331 e. The molecule has 0 amide bonds. The average molecular weight is 461 g/mol. The van der Waals surface area contributed by atoms with Gasteiger partial charge in [-0.25, -0.2) is 4.79 Å². The third kappa shape index (κ3) is 4.19. The van der Waals surface area contributed by atoms with Crippen LogP contribution in [0.4, 0.5) is 0 Å². The number of ketones is 1. The van der Waals surface area contributed by atoms with E-state index in [1.54, 1.807) is 62.4 Å². The highest BCUT2D eigenvalue weighted by Gasteiger charge is 2.49. The molecule has 0 bridgehead atoms. The molecule has 0 saturated carbocycles. The monoisotopic (exact) mass is 459 g/mol. The predicted octanol–water partition coefficient (Wildman–Crippen LogP) is 5.71. The summed E-state index contributed by atoms with van der Waals surface area (Å²) in [5.74, 6) is -1.74. The average Bonchev–Trinajstić information content (AvgIpc) is 2.69. The topological polar surface area (TPSA) is 67.2 Å². The molecule has 0 spiro atoms. The highest BCUT2D eigenvalue weighted by molar-refractivity contribution is 9.10. The van der Waals surface area contributed by atoms with E-state index in [4.69, 9.17) is 16.3 Å². The van der Waals surface area contributed by atoms with Crippen molar-refractivity contribution in [2.24, 2.45) is 11.3 Å². The van der Waals surface area contributed by atoms with Crippen molar-refractivity contribution in [3.8, 4) is 6.07 Å². The molecule has 2 aromatic carbocycles. The van der Waals surface area contributed by atoms with E-state index in [0.717, 1.165) is 4.47 Å². The van der Waals surface area contributed by atoms with Crippen molar-refractivity contribution in [2.45, 2.75) is 13.8 Å². The lowest BCUT2D eigenvalue weighted by molar-refractivity contribution is -0.149. The van der Waals surface area contributed by atoms with Crippen LogP contribution in [0.5, 0.6) is 0 Å². The van der Waals surface area contributed by atoms with Crippen molar-refractivity contribution in [3.05, 3.63) is 74.7 Å². The van der Waals surface area contributed by atoms with Crippen LogP contribution >= 0.6 is 27.5 Å². The molecule has 0 aliphatic heterocycles. The second kappa shape index (κ2) is 9.18. The van der Waals surface area contributed by atoms with Crippen molar-refractivity contribution < 1.29 is 14.3 Å². The molecule has 1 atom stereocenters. The van der Waals surface area contributed by atoms with Crippen molar-refractivity contribution in [1.29, 1.82) is 5.26 Å². The molecule has 144 valence electrons. The van der Waals surface area contributed by atoms with Gasteiger partial charge in [-0.3, -0.25) is 4.79 Å². The molecule has 2 rings (SSSR count). The molecular weight excluding hydrogens is 442 g/mol. The van der Waals surface area contributed by atoms with Gasteiger partial charge in [0.1, 0.15) is 0 Å². The summed E-state index contributed by atoms with van der Waals surface area (Å²) in [5, 5.41) is 10.4. The quantitative estimate of drug-likeness (QED) is 0.315. The number of carbonyl (C=O) groups excluding carboxylic acids is 2. The van der Waals surface area contributed by atoms with Crippen molar-refractivity contribution >= 4 is 45.4 Å². The van der Waals surface area contributed by atoms with E-state index in [1.165, 1.54) is 13.2 Å². The van der Waals surface area contributed by atoms with Gasteiger partial charge in [-0.15, -0.1) is 0 Å². The summed E-state index contributed by atoms with van der Waals surface area (Å²) >= 11 is 9.60.